The normalized spacial score (nSPS) is 1.00. The zero-order chi connectivity index (χ0) is 2.00. The van der Waals surface area contributed by atoms with Crippen LogP contribution in [0.15, 0.2) is 0 Å². The monoisotopic (exact) mass is 319 g/mol. The zero-order valence-corrected chi connectivity index (χ0v) is 4.59. The second-order valence-electron chi connectivity index (χ2n) is 0. The second-order valence-corrected chi connectivity index (χ2v) is 0. The molecule has 0 aliphatic carbocycles. The van der Waals surface area contributed by atoms with Gasteiger partial charge >= 0.3 is 65.3 Å². The van der Waals surface area contributed by atoms with Crippen LogP contribution in [-0.4, -0.2) is 45.5 Å². The summed E-state index contributed by atoms with van der Waals surface area (Å²) in [5.74, 6) is 0. The van der Waals surface area contributed by atoms with E-state index in [9.17, 15) is 0 Å². The Hall–Kier alpha value is 3.12. The third kappa shape index (κ3) is 8.93. The van der Waals surface area contributed by atoms with Gasteiger partial charge in [0.15, 0.2) is 0 Å². The van der Waals surface area contributed by atoms with E-state index in [1.807, 2.05) is 0 Å². The summed E-state index contributed by atoms with van der Waals surface area (Å²) in [5, 5.41) is 0. The Labute approximate surface area is 102 Å². The molecule has 0 rings (SSSR count). The predicted molar refractivity (Wildman–Crippen MR) is 9.23 cm³/mol. The summed E-state index contributed by atoms with van der Waals surface area (Å²) in [4.78, 5) is 0. The summed E-state index contributed by atoms with van der Waals surface area (Å²) in [7, 11) is 0. The van der Waals surface area contributed by atoms with E-state index in [2.05, 4.69) is 0 Å². The molecule has 0 aliphatic rings. The number of hydrogen-bond donors (Lipinski definition) is 0. The molecule has 0 aromatic heterocycles. The third-order valence-corrected chi connectivity index (χ3v) is 0. The topological polar surface area (TPSA) is 17.1 Å². The van der Waals surface area contributed by atoms with Gasteiger partial charge in [-0.05, 0) is 0 Å². The molecule has 0 radical (unpaired) electrons. The van der Waals surface area contributed by atoms with E-state index in [0.29, 0.717) is 0 Å². The van der Waals surface area contributed by atoms with E-state index in [4.69, 9.17) is 3.83 Å². The molecule has 0 saturated carbocycles. The first kappa shape index (κ1) is 15.7. The Morgan fingerprint density at radius 2 is 1.25 bits per heavy atom. The quantitative estimate of drug-likeness (QED) is 0.522. The van der Waals surface area contributed by atoms with Crippen molar-refractivity contribution in [1.29, 1.82) is 0 Å². The molecular formula is H2GdMnOSr. The fourth-order valence-electron chi connectivity index (χ4n) is 0. The zero-order valence-electron chi connectivity index (χ0n) is 1.14. The molecule has 4 heteroatoms. The van der Waals surface area contributed by atoms with Crippen molar-refractivity contribution in [2.24, 2.45) is 0 Å². The van der Waals surface area contributed by atoms with Gasteiger partial charge in [0.25, 0.3) is 0 Å². The first-order valence-electron chi connectivity index (χ1n) is 0.154. The van der Waals surface area contributed by atoms with Gasteiger partial charge in [0, 0.05) is 39.9 Å². The first-order chi connectivity index (χ1) is 1.00. The van der Waals surface area contributed by atoms with Gasteiger partial charge in [-0.2, -0.15) is 0 Å². The van der Waals surface area contributed by atoms with E-state index in [0.717, 1.165) is 0 Å². The van der Waals surface area contributed by atoms with Gasteiger partial charge in [0.1, 0.15) is 0 Å². The summed E-state index contributed by atoms with van der Waals surface area (Å²) in [6.45, 7) is 0. The van der Waals surface area contributed by atoms with E-state index < -0.39 is 0 Å². The minimum absolute atomic E-state index is 0. The van der Waals surface area contributed by atoms with Crippen molar-refractivity contribution in [1.82, 2.24) is 0 Å². The van der Waals surface area contributed by atoms with E-state index in [1.54, 1.807) is 15.9 Å². The van der Waals surface area contributed by atoms with Crippen molar-refractivity contribution in [3.63, 3.8) is 0 Å². The minimum atomic E-state index is 0. The van der Waals surface area contributed by atoms with Crippen LogP contribution < -0.4 is 0 Å². The van der Waals surface area contributed by atoms with Crippen molar-refractivity contribution < 1.29 is 59.7 Å². The van der Waals surface area contributed by atoms with Gasteiger partial charge in [-0.15, -0.1) is 0 Å². The Morgan fingerprint density at radius 1 is 1.25 bits per heavy atom. The van der Waals surface area contributed by atoms with Crippen LogP contribution in [0.5, 0.6) is 0 Å². The van der Waals surface area contributed by atoms with Gasteiger partial charge in [-0.1, -0.05) is 0 Å². The summed E-state index contributed by atoms with van der Waals surface area (Å²) < 4.78 is 8.06. The number of rotatable bonds is 0. The van der Waals surface area contributed by atoms with E-state index in [1.165, 1.54) is 0 Å². The number of hydrogen-bond acceptors (Lipinski definition) is 1. The molecule has 0 atom stereocenters. The fourth-order valence-corrected chi connectivity index (χ4v) is 0. The molecule has 0 bridgehead atoms. The van der Waals surface area contributed by atoms with Crippen LogP contribution in [0.25, 0.3) is 0 Å². The molecule has 0 aromatic rings. The fraction of sp³-hybridized carbons (Fsp3) is 0. The molecular weight excluding hydrogens is 316 g/mol. The van der Waals surface area contributed by atoms with Crippen molar-refractivity contribution in [3.05, 3.63) is 0 Å². The van der Waals surface area contributed by atoms with Crippen molar-refractivity contribution in [3.8, 4) is 0 Å². The van der Waals surface area contributed by atoms with Gasteiger partial charge in [0.2, 0.25) is 0 Å². The maximum atomic E-state index is 8.06. The molecule has 0 spiro atoms. The predicted octanol–water partition coefficient (Wildman–Crippen LogP) is -1.04. The van der Waals surface area contributed by atoms with Crippen LogP contribution in [0, 0.1) is 39.9 Å². The van der Waals surface area contributed by atoms with Crippen LogP contribution in [0.1, 0.15) is 0 Å². The molecule has 0 unspecified atom stereocenters. The van der Waals surface area contributed by atoms with Crippen LogP contribution in [0.4, 0.5) is 0 Å². The summed E-state index contributed by atoms with van der Waals surface area (Å²) >= 11 is 1.69. The van der Waals surface area contributed by atoms with Gasteiger partial charge in [0.05, 0.1) is 0 Å². The van der Waals surface area contributed by atoms with Crippen molar-refractivity contribution >= 4 is 45.5 Å². The van der Waals surface area contributed by atoms with E-state index in [-0.39, 0.29) is 85.4 Å². The maximum absolute atomic E-state index is 8.06. The molecule has 0 saturated heterocycles. The molecule has 0 aromatic carbocycles. The Balaban J connectivity index is -0.00000000500. The Morgan fingerprint density at radius 3 is 1.25 bits per heavy atom. The first-order valence-corrected chi connectivity index (χ1v) is 0.636. The average molecular weight is 318 g/mol. The molecule has 4 heavy (non-hydrogen) atoms. The van der Waals surface area contributed by atoms with Gasteiger partial charge < -0.3 is 0 Å². The Kier molecular flexibility index (Phi) is 64.7. The standard InChI is InChI=1S/Gd.Mn.O.Sr.2H. The van der Waals surface area contributed by atoms with Gasteiger partial charge in [-0.25, -0.2) is 0 Å². The van der Waals surface area contributed by atoms with Crippen molar-refractivity contribution in [2.75, 3.05) is 0 Å². The van der Waals surface area contributed by atoms with E-state index >= 15 is 0 Å². The van der Waals surface area contributed by atoms with Crippen LogP contribution in [-0.2, 0) is 19.8 Å². The van der Waals surface area contributed by atoms with Gasteiger partial charge in [-0.3, -0.25) is 0 Å². The van der Waals surface area contributed by atoms with Crippen LogP contribution in [0.2, 0.25) is 0 Å². The molecule has 0 aliphatic heterocycles. The molecule has 0 amide bonds. The molecule has 0 fully saturated rings. The molecule has 1 nitrogen and oxygen atoms in total. The summed E-state index contributed by atoms with van der Waals surface area (Å²) in [5.41, 5.74) is 0. The molecule has 0 heterocycles. The average Bonchev–Trinajstić information content (AvgIpc) is 1.00. The third-order valence-electron chi connectivity index (χ3n) is 0. The summed E-state index contributed by atoms with van der Waals surface area (Å²) in [6.07, 6.45) is 0. The van der Waals surface area contributed by atoms with Crippen LogP contribution in [0.3, 0.4) is 0 Å². The Bertz CT molecular complexity index is 8.00. The SMILES string of the molecule is [Gd].[O]=[Mn].[SrH2]. The summed E-state index contributed by atoms with van der Waals surface area (Å²) in [6, 6.07) is 0. The van der Waals surface area contributed by atoms with Crippen LogP contribution >= 0.6 is 0 Å². The molecule has 25 valence electrons. The molecule has 0 N–H and O–H groups in total. The second kappa shape index (κ2) is 16.5. The van der Waals surface area contributed by atoms with Crippen molar-refractivity contribution in [2.45, 2.75) is 0 Å².